The molecule has 3 aromatic carbocycles. The number of rotatable bonds is 13. The van der Waals surface area contributed by atoms with Gasteiger partial charge < -0.3 is 24.3 Å². The van der Waals surface area contributed by atoms with E-state index in [-0.39, 0.29) is 12.5 Å². The number of halogens is 1. The van der Waals surface area contributed by atoms with Crippen LogP contribution in [0.3, 0.4) is 0 Å². The number of nitrogens with one attached hydrogen (secondary N) is 2. The normalized spacial score (nSPS) is 10.6. The lowest BCUT2D eigenvalue weighted by Gasteiger charge is -2.14. The molecular formula is C28H30IN3O6. The SMILES string of the molecule is CCOc1ccc(C(=O)N/N=C/c2cc(I)c(OCC(=O)Nc3ccccc3)c(OCC)c2)cc1OCC. The van der Waals surface area contributed by atoms with Crippen LogP contribution in [0.1, 0.15) is 36.7 Å². The molecule has 0 atom stereocenters. The van der Waals surface area contributed by atoms with Gasteiger partial charge in [-0.3, -0.25) is 9.59 Å². The fourth-order valence-corrected chi connectivity index (χ4v) is 4.13. The zero-order chi connectivity index (χ0) is 27.3. The van der Waals surface area contributed by atoms with Crippen molar-refractivity contribution in [1.29, 1.82) is 0 Å². The fourth-order valence-electron chi connectivity index (χ4n) is 3.34. The van der Waals surface area contributed by atoms with Crippen molar-refractivity contribution in [3.8, 4) is 23.0 Å². The van der Waals surface area contributed by atoms with Gasteiger partial charge >= 0.3 is 0 Å². The van der Waals surface area contributed by atoms with Crippen LogP contribution in [0.2, 0.25) is 0 Å². The van der Waals surface area contributed by atoms with Crippen molar-refractivity contribution in [3.63, 3.8) is 0 Å². The minimum Gasteiger partial charge on any atom is -0.490 e. The zero-order valence-corrected chi connectivity index (χ0v) is 23.6. The lowest BCUT2D eigenvalue weighted by atomic mass is 10.2. The van der Waals surface area contributed by atoms with Gasteiger partial charge in [0, 0.05) is 11.3 Å². The molecule has 2 amide bonds. The van der Waals surface area contributed by atoms with Crippen molar-refractivity contribution >= 4 is 46.3 Å². The molecule has 38 heavy (non-hydrogen) atoms. The van der Waals surface area contributed by atoms with E-state index < -0.39 is 5.91 Å². The summed E-state index contributed by atoms with van der Waals surface area (Å²) in [5.74, 6) is 1.31. The van der Waals surface area contributed by atoms with Crippen molar-refractivity contribution in [2.45, 2.75) is 20.8 Å². The molecule has 3 rings (SSSR count). The molecule has 200 valence electrons. The van der Waals surface area contributed by atoms with Crippen LogP contribution in [-0.4, -0.2) is 44.5 Å². The first kappa shape index (κ1) is 28.8. The minimum atomic E-state index is -0.394. The lowest BCUT2D eigenvalue weighted by molar-refractivity contribution is -0.118. The monoisotopic (exact) mass is 631 g/mol. The van der Waals surface area contributed by atoms with Crippen LogP contribution < -0.4 is 29.7 Å². The number of hydrogen-bond donors (Lipinski definition) is 2. The highest BCUT2D eigenvalue weighted by Crippen LogP contribution is 2.34. The van der Waals surface area contributed by atoms with Gasteiger partial charge in [-0.05, 0) is 91.4 Å². The molecule has 0 saturated carbocycles. The highest BCUT2D eigenvalue weighted by molar-refractivity contribution is 14.1. The van der Waals surface area contributed by atoms with Crippen LogP contribution in [0.25, 0.3) is 0 Å². The molecular weight excluding hydrogens is 601 g/mol. The maximum absolute atomic E-state index is 12.6. The van der Waals surface area contributed by atoms with E-state index >= 15 is 0 Å². The van der Waals surface area contributed by atoms with Crippen LogP contribution >= 0.6 is 22.6 Å². The molecule has 0 radical (unpaired) electrons. The molecule has 2 N–H and O–H groups in total. The van der Waals surface area contributed by atoms with Gasteiger partial charge in [-0.15, -0.1) is 0 Å². The summed E-state index contributed by atoms with van der Waals surface area (Å²) in [5.41, 5.74) is 4.28. The predicted octanol–water partition coefficient (Wildman–Crippen LogP) is 5.27. The summed E-state index contributed by atoms with van der Waals surface area (Å²) in [6, 6.07) is 17.7. The average molecular weight is 631 g/mol. The Morgan fingerprint density at radius 3 is 2.24 bits per heavy atom. The summed E-state index contributed by atoms with van der Waals surface area (Å²) in [4.78, 5) is 24.9. The van der Waals surface area contributed by atoms with E-state index in [1.54, 1.807) is 36.4 Å². The third-order valence-corrected chi connectivity index (χ3v) is 5.72. The zero-order valence-electron chi connectivity index (χ0n) is 21.5. The molecule has 10 heteroatoms. The van der Waals surface area contributed by atoms with Crippen LogP contribution in [0.5, 0.6) is 23.0 Å². The topological polar surface area (TPSA) is 107 Å². The van der Waals surface area contributed by atoms with E-state index in [9.17, 15) is 9.59 Å². The molecule has 0 saturated heterocycles. The van der Waals surface area contributed by atoms with Gasteiger partial charge in [-0.25, -0.2) is 5.43 Å². The Bertz CT molecular complexity index is 1270. The van der Waals surface area contributed by atoms with Gasteiger partial charge in [0.2, 0.25) is 0 Å². The second kappa shape index (κ2) is 14.8. The number of carbonyl (C=O) groups excluding carboxylic acids is 2. The fraction of sp³-hybridized carbons (Fsp3) is 0.250. The van der Waals surface area contributed by atoms with E-state index in [1.165, 1.54) is 6.21 Å². The average Bonchev–Trinajstić information content (AvgIpc) is 2.90. The second-order valence-electron chi connectivity index (χ2n) is 7.69. The summed E-state index contributed by atoms with van der Waals surface area (Å²) in [7, 11) is 0. The van der Waals surface area contributed by atoms with Crippen molar-refractivity contribution in [2.75, 3.05) is 31.7 Å². The van der Waals surface area contributed by atoms with Gasteiger partial charge in [-0.2, -0.15) is 5.10 Å². The Hall–Kier alpha value is -3.80. The van der Waals surface area contributed by atoms with E-state index in [2.05, 4.69) is 38.4 Å². The van der Waals surface area contributed by atoms with Crippen LogP contribution in [0, 0.1) is 3.57 Å². The molecule has 0 aliphatic heterocycles. The van der Waals surface area contributed by atoms with E-state index in [0.29, 0.717) is 59.6 Å². The standard InChI is InChI=1S/C28H30IN3O6/c1-4-35-23-13-12-20(16-24(23)36-5-2)28(34)32-30-17-19-14-22(29)27(25(15-19)37-6-3)38-18-26(33)31-21-10-8-7-9-11-21/h7-17H,4-6,18H2,1-3H3,(H,31,33)(H,32,34)/b30-17+. The minimum absolute atomic E-state index is 0.180. The predicted molar refractivity (Wildman–Crippen MR) is 155 cm³/mol. The third-order valence-electron chi connectivity index (χ3n) is 4.92. The molecule has 0 spiro atoms. The summed E-state index contributed by atoms with van der Waals surface area (Å²) < 4.78 is 23.4. The largest absolute Gasteiger partial charge is 0.490 e. The molecule has 0 unspecified atom stereocenters. The first-order valence-corrected chi connectivity index (χ1v) is 13.2. The number of hydrazone groups is 1. The van der Waals surface area contributed by atoms with Crippen molar-refractivity contribution < 1.29 is 28.5 Å². The maximum Gasteiger partial charge on any atom is 0.271 e. The number of carbonyl (C=O) groups is 2. The smallest absolute Gasteiger partial charge is 0.271 e. The van der Waals surface area contributed by atoms with Crippen molar-refractivity contribution in [1.82, 2.24) is 5.43 Å². The Kier molecular flexibility index (Phi) is 11.2. The highest BCUT2D eigenvalue weighted by Gasteiger charge is 2.15. The van der Waals surface area contributed by atoms with Crippen LogP contribution in [0.4, 0.5) is 5.69 Å². The molecule has 0 aliphatic carbocycles. The van der Waals surface area contributed by atoms with Crippen molar-refractivity contribution in [2.24, 2.45) is 5.10 Å². The summed E-state index contributed by atoms with van der Waals surface area (Å²) in [5, 5.41) is 6.87. The van der Waals surface area contributed by atoms with Gasteiger partial charge in [0.05, 0.1) is 29.6 Å². The van der Waals surface area contributed by atoms with E-state index in [4.69, 9.17) is 18.9 Å². The molecule has 9 nitrogen and oxygen atoms in total. The number of para-hydroxylation sites is 1. The van der Waals surface area contributed by atoms with Crippen LogP contribution in [-0.2, 0) is 4.79 Å². The summed E-state index contributed by atoms with van der Waals surface area (Å²) in [6.45, 7) is 6.75. The van der Waals surface area contributed by atoms with Gasteiger partial charge in [0.25, 0.3) is 11.8 Å². The molecule has 0 aromatic heterocycles. The van der Waals surface area contributed by atoms with Gasteiger partial charge in [0.15, 0.2) is 29.6 Å². The molecule has 3 aromatic rings. The van der Waals surface area contributed by atoms with Gasteiger partial charge in [0.1, 0.15) is 0 Å². The first-order chi connectivity index (χ1) is 18.4. The highest BCUT2D eigenvalue weighted by atomic mass is 127. The quantitative estimate of drug-likeness (QED) is 0.151. The Labute approximate surface area is 235 Å². The van der Waals surface area contributed by atoms with E-state index in [0.717, 1.165) is 3.57 Å². The van der Waals surface area contributed by atoms with Gasteiger partial charge in [-0.1, -0.05) is 18.2 Å². The molecule has 0 heterocycles. The Morgan fingerprint density at radius 2 is 1.53 bits per heavy atom. The molecule has 0 fully saturated rings. The Morgan fingerprint density at radius 1 is 0.842 bits per heavy atom. The number of amides is 2. The Balaban J connectivity index is 1.67. The lowest BCUT2D eigenvalue weighted by Crippen LogP contribution is -2.20. The number of hydrogen-bond acceptors (Lipinski definition) is 7. The number of benzene rings is 3. The number of anilines is 1. The van der Waals surface area contributed by atoms with Crippen LogP contribution in [0.15, 0.2) is 65.8 Å². The third kappa shape index (κ3) is 8.37. The molecule has 0 bridgehead atoms. The summed E-state index contributed by atoms with van der Waals surface area (Å²) >= 11 is 2.11. The van der Waals surface area contributed by atoms with E-state index in [1.807, 2.05) is 45.0 Å². The number of ether oxygens (including phenoxy) is 4. The maximum atomic E-state index is 12.6. The molecule has 0 aliphatic rings. The first-order valence-electron chi connectivity index (χ1n) is 12.1. The second-order valence-corrected chi connectivity index (χ2v) is 8.85. The summed E-state index contributed by atoms with van der Waals surface area (Å²) in [6.07, 6.45) is 1.51. The van der Waals surface area contributed by atoms with Crippen molar-refractivity contribution in [3.05, 3.63) is 75.4 Å². The number of nitrogens with zero attached hydrogens (tertiary/aromatic N) is 1.